The van der Waals surface area contributed by atoms with Gasteiger partial charge in [0.25, 0.3) is 0 Å². The summed E-state index contributed by atoms with van der Waals surface area (Å²) >= 11 is 0. The van der Waals surface area contributed by atoms with Crippen molar-refractivity contribution in [1.82, 2.24) is 20.1 Å². The molecule has 3 rings (SSSR count). The zero-order chi connectivity index (χ0) is 17.5. The summed E-state index contributed by atoms with van der Waals surface area (Å²) in [5.41, 5.74) is 1.35. The van der Waals surface area contributed by atoms with Crippen LogP contribution in [0.15, 0.2) is 24.5 Å². The van der Waals surface area contributed by atoms with Gasteiger partial charge in [-0.15, -0.1) is 0 Å². The van der Waals surface area contributed by atoms with Crippen molar-refractivity contribution in [2.75, 3.05) is 32.7 Å². The lowest BCUT2D eigenvalue weighted by atomic mass is 9.93. The average Bonchev–Trinajstić information content (AvgIpc) is 2.67. The number of likely N-dealkylation sites (tertiary alicyclic amines) is 2. The maximum atomic E-state index is 12.3. The van der Waals surface area contributed by atoms with Crippen molar-refractivity contribution in [2.24, 2.45) is 5.92 Å². The predicted octanol–water partition coefficient (Wildman–Crippen LogP) is 2.28. The molecule has 1 amide bonds. The Morgan fingerprint density at radius 1 is 1.20 bits per heavy atom. The van der Waals surface area contributed by atoms with Gasteiger partial charge in [-0.3, -0.25) is 19.6 Å². The number of pyridine rings is 1. The zero-order valence-electron chi connectivity index (χ0n) is 15.5. The summed E-state index contributed by atoms with van der Waals surface area (Å²) in [4.78, 5) is 21.5. The molecule has 0 aromatic carbocycles. The molecule has 0 aliphatic carbocycles. The molecule has 2 saturated heterocycles. The highest BCUT2D eigenvalue weighted by molar-refractivity contribution is 5.78. The molecule has 0 spiro atoms. The number of nitrogens with one attached hydrogen (secondary N) is 1. The van der Waals surface area contributed by atoms with Crippen LogP contribution in [-0.4, -0.2) is 59.5 Å². The zero-order valence-corrected chi connectivity index (χ0v) is 15.5. The molecule has 2 fully saturated rings. The second-order valence-electron chi connectivity index (χ2n) is 7.49. The van der Waals surface area contributed by atoms with Gasteiger partial charge < -0.3 is 5.32 Å². The van der Waals surface area contributed by atoms with Gasteiger partial charge in [0.05, 0.1) is 5.92 Å². The van der Waals surface area contributed by atoms with Crippen LogP contribution in [0.2, 0.25) is 0 Å². The molecule has 25 heavy (non-hydrogen) atoms. The predicted molar refractivity (Wildman–Crippen MR) is 100 cm³/mol. The number of amides is 1. The number of piperidine rings is 2. The molecule has 2 aliphatic rings. The van der Waals surface area contributed by atoms with Gasteiger partial charge in [0.1, 0.15) is 0 Å². The molecule has 1 aromatic rings. The van der Waals surface area contributed by atoms with Crippen LogP contribution in [0.5, 0.6) is 0 Å². The van der Waals surface area contributed by atoms with Gasteiger partial charge in [0, 0.05) is 38.1 Å². The third-order valence-electron chi connectivity index (χ3n) is 5.60. The second-order valence-corrected chi connectivity index (χ2v) is 7.49. The van der Waals surface area contributed by atoms with Crippen molar-refractivity contribution < 1.29 is 4.79 Å². The van der Waals surface area contributed by atoms with Crippen molar-refractivity contribution in [2.45, 2.75) is 51.6 Å². The SMILES string of the molecule is CCCNC(=O)[C@H]1CCCN(C2CCN(Cc3ccncc3)CC2)C1. The van der Waals surface area contributed by atoms with E-state index in [1.165, 1.54) is 18.4 Å². The van der Waals surface area contributed by atoms with Gasteiger partial charge in [-0.1, -0.05) is 6.92 Å². The van der Waals surface area contributed by atoms with Crippen LogP contribution in [0.25, 0.3) is 0 Å². The van der Waals surface area contributed by atoms with Crippen LogP contribution < -0.4 is 5.32 Å². The molecule has 2 aliphatic heterocycles. The molecule has 1 aromatic heterocycles. The van der Waals surface area contributed by atoms with E-state index in [1.807, 2.05) is 12.4 Å². The first-order valence-corrected chi connectivity index (χ1v) is 9.89. The number of hydrogen-bond donors (Lipinski definition) is 1. The monoisotopic (exact) mass is 344 g/mol. The smallest absolute Gasteiger partial charge is 0.224 e. The van der Waals surface area contributed by atoms with E-state index in [2.05, 4.69) is 39.2 Å². The lowest BCUT2D eigenvalue weighted by Crippen LogP contribution is -2.50. The van der Waals surface area contributed by atoms with Gasteiger partial charge >= 0.3 is 0 Å². The molecule has 1 atom stereocenters. The molecule has 0 unspecified atom stereocenters. The highest BCUT2D eigenvalue weighted by Crippen LogP contribution is 2.24. The molecule has 138 valence electrons. The molecule has 0 bridgehead atoms. The highest BCUT2D eigenvalue weighted by atomic mass is 16.1. The lowest BCUT2D eigenvalue weighted by Gasteiger charge is -2.42. The van der Waals surface area contributed by atoms with Crippen molar-refractivity contribution in [1.29, 1.82) is 0 Å². The molecule has 5 nitrogen and oxygen atoms in total. The number of carbonyl (C=O) groups excluding carboxylic acids is 1. The first-order valence-electron chi connectivity index (χ1n) is 9.89. The number of nitrogens with zero attached hydrogens (tertiary/aromatic N) is 3. The van der Waals surface area contributed by atoms with Gasteiger partial charge in [0.2, 0.25) is 5.91 Å². The minimum atomic E-state index is 0.190. The van der Waals surface area contributed by atoms with Crippen LogP contribution >= 0.6 is 0 Å². The minimum Gasteiger partial charge on any atom is -0.356 e. The van der Waals surface area contributed by atoms with Crippen molar-refractivity contribution in [3.8, 4) is 0 Å². The summed E-state index contributed by atoms with van der Waals surface area (Å²) in [6.07, 6.45) is 9.40. The number of hydrogen-bond acceptors (Lipinski definition) is 4. The Hall–Kier alpha value is -1.46. The van der Waals surface area contributed by atoms with Crippen LogP contribution in [-0.2, 0) is 11.3 Å². The topological polar surface area (TPSA) is 48.5 Å². The molecule has 1 N–H and O–H groups in total. The fraction of sp³-hybridized carbons (Fsp3) is 0.700. The van der Waals surface area contributed by atoms with Crippen LogP contribution in [0.3, 0.4) is 0 Å². The van der Waals surface area contributed by atoms with Crippen molar-refractivity contribution in [3.63, 3.8) is 0 Å². The number of aromatic nitrogens is 1. The van der Waals surface area contributed by atoms with E-state index in [9.17, 15) is 4.79 Å². The Kier molecular flexibility index (Phi) is 6.82. The fourth-order valence-corrected chi connectivity index (χ4v) is 4.13. The third-order valence-corrected chi connectivity index (χ3v) is 5.60. The summed E-state index contributed by atoms with van der Waals surface area (Å²) in [5, 5.41) is 3.08. The van der Waals surface area contributed by atoms with E-state index < -0.39 is 0 Å². The van der Waals surface area contributed by atoms with Crippen molar-refractivity contribution >= 4 is 5.91 Å². The van der Waals surface area contributed by atoms with E-state index in [0.29, 0.717) is 6.04 Å². The molecular weight excluding hydrogens is 312 g/mol. The minimum absolute atomic E-state index is 0.190. The van der Waals surface area contributed by atoms with E-state index in [-0.39, 0.29) is 11.8 Å². The Labute approximate surface area is 151 Å². The number of carbonyl (C=O) groups is 1. The molecule has 0 saturated carbocycles. The summed E-state index contributed by atoms with van der Waals surface area (Å²) in [6, 6.07) is 4.86. The maximum absolute atomic E-state index is 12.3. The van der Waals surface area contributed by atoms with Gasteiger partial charge in [-0.25, -0.2) is 0 Å². The molecule has 5 heteroatoms. The van der Waals surface area contributed by atoms with Crippen LogP contribution in [0, 0.1) is 5.92 Å². The third kappa shape index (κ3) is 5.25. The summed E-state index contributed by atoms with van der Waals surface area (Å²) in [7, 11) is 0. The lowest BCUT2D eigenvalue weighted by molar-refractivity contribution is -0.127. The van der Waals surface area contributed by atoms with Crippen LogP contribution in [0.1, 0.15) is 44.6 Å². The Balaban J connectivity index is 1.45. The maximum Gasteiger partial charge on any atom is 0.224 e. The Bertz CT molecular complexity index is 528. The summed E-state index contributed by atoms with van der Waals surface area (Å²) in [6.45, 7) is 8.34. The largest absolute Gasteiger partial charge is 0.356 e. The molecule has 0 radical (unpaired) electrons. The van der Waals surface area contributed by atoms with E-state index in [4.69, 9.17) is 0 Å². The van der Waals surface area contributed by atoms with Crippen LogP contribution in [0.4, 0.5) is 0 Å². The number of rotatable bonds is 6. The summed E-state index contributed by atoms with van der Waals surface area (Å²) in [5.74, 6) is 0.455. The highest BCUT2D eigenvalue weighted by Gasteiger charge is 2.31. The first-order chi connectivity index (χ1) is 12.3. The molecular formula is C20H32N4O. The summed E-state index contributed by atoms with van der Waals surface area (Å²) < 4.78 is 0. The standard InChI is InChI=1S/C20H32N4O/c1-2-9-22-20(25)18-4-3-12-24(16-18)19-7-13-23(14-8-19)15-17-5-10-21-11-6-17/h5-6,10-11,18-19H,2-4,7-9,12-16H2,1H3,(H,22,25)/t18-/m0/s1. The Morgan fingerprint density at radius 2 is 1.96 bits per heavy atom. The normalized spacial score (nSPS) is 23.5. The fourth-order valence-electron chi connectivity index (χ4n) is 4.13. The van der Waals surface area contributed by atoms with E-state index >= 15 is 0 Å². The second kappa shape index (κ2) is 9.30. The molecule has 3 heterocycles. The van der Waals surface area contributed by atoms with Crippen molar-refractivity contribution in [3.05, 3.63) is 30.1 Å². The quantitative estimate of drug-likeness (QED) is 0.860. The van der Waals surface area contributed by atoms with E-state index in [0.717, 1.165) is 58.5 Å². The first kappa shape index (κ1) is 18.3. The van der Waals surface area contributed by atoms with E-state index in [1.54, 1.807) is 0 Å². The Morgan fingerprint density at radius 3 is 2.68 bits per heavy atom. The van der Waals surface area contributed by atoms with Gasteiger partial charge in [-0.2, -0.15) is 0 Å². The average molecular weight is 345 g/mol. The van der Waals surface area contributed by atoms with Gasteiger partial charge in [0.15, 0.2) is 0 Å². The van der Waals surface area contributed by atoms with Gasteiger partial charge in [-0.05, 0) is 69.4 Å².